The third-order valence-electron chi connectivity index (χ3n) is 3.51. The monoisotopic (exact) mass is 279 g/mol. The van der Waals surface area contributed by atoms with Gasteiger partial charge in [-0.15, -0.1) is 0 Å². The van der Waals surface area contributed by atoms with E-state index in [2.05, 4.69) is 10.2 Å². The number of ether oxygens (including phenoxy) is 1. The van der Waals surface area contributed by atoms with Crippen LogP contribution in [0.3, 0.4) is 0 Å². The van der Waals surface area contributed by atoms with E-state index in [1.807, 2.05) is 6.92 Å². The highest BCUT2D eigenvalue weighted by atomic mass is 16.5. The molecule has 2 atom stereocenters. The Labute approximate surface area is 118 Å². The highest BCUT2D eigenvalue weighted by molar-refractivity contribution is 6.00. The SMILES string of the molecule is CNC(=O)c1ccc(N)cc1N1CC(CO)OCC1C. The van der Waals surface area contributed by atoms with Crippen LogP contribution in [0, 0.1) is 0 Å². The molecule has 0 aliphatic carbocycles. The van der Waals surface area contributed by atoms with Crippen LogP contribution in [0.25, 0.3) is 0 Å². The first-order valence-corrected chi connectivity index (χ1v) is 6.67. The molecule has 1 aliphatic rings. The number of aliphatic hydroxyl groups is 1. The van der Waals surface area contributed by atoms with Gasteiger partial charge in [-0.25, -0.2) is 0 Å². The van der Waals surface area contributed by atoms with E-state index < -0.39 is 0 Å². The molecule has 2 rings (SSSR count). The number of rotatable bonds is 3. The fraction of sp³-hybridized carbons (Fsp3) is 0.500. The van der Waals surface area contributed by atoms with Gasteiger partial charge in [0.1, 0.15) is 0 Å². The Morgan fingerprint density at radius 3 is 3.00 bits per heavy atom. The lowest BCUT2D eigenvalue weighted by molar-refractivity contribution is -0.0103. The number of hydrogen-bond acceptors (Lipinski definition) is 5. The van der Waals surface area contributed by atoms with Gasteiger partial charge in [0.25, 0.3) is 5.91 Å². The van der Waals surface area contributed by atoms with E-state index >= 15 is 0 Å². The molecule has 110 valence electrons. The summed E-state index contributed by atoms with van der Waals surface area (Å²) in [4.78, 5) is 14.0. The predicted octanol–water partition coefficient (Wildman–Crippen LogP) is 0.214. The highest BCUT2D eigenvalue weighted by Gasteiger charge is 2.28. The maximum absolute atomic E-state index is 12.0. The van der Waals surface area contributed by atoms with Crippen LogP contribution in [0.1, 0.15) is 17.3 Å². The number of benzene rings is 1. The number of carbonyl (C=O) groups excluding carboxylic acids is 1. The second kappa shape index (κ2) is 6.11. The van der Waals surface area contributed by atoms with E-state index in [0.717, 1.165) is 5.69 Å². The van der Waals surface area contributed by atoms with Gasteiger partial charge in [0.15, 0.2) is 0 Å². The Hall–Kier alpha value is -1.79. The van der Waals surface area contributed by atoms with E-state index in [-0.39, 0.29) is 24.7 Å². The summed E-state index contributed by atoms with van der Waals surface area (Å²) in [7, 11) is 1.60. The van der Waals surface area contributed by atoms with E-state index in [1.165, 1.54) is 0 Å². The van der Waals surface area contributed by atoms with Crippen molar-refractivity contribution in [2.75, 3.05) is 37.4 Å². The zero-order valence-corrected chi connectivity index (χ0v) is 11.8. The number of nitrogens with two attached hydrogens (primary N) is 1. The van der Waals surface area contributed by atoms with Crippen LogP contribution < -0.4 is 16.0 Å². The smallest absolute Gasteiger partial charge is 0.253 e. The molecule has 6 nitrogen and oxygen atoms in total. The number of nitrogen functional groups attached to an aromatic ring is 1. The summed E-state index contributed by atoms with van der Waals surface area (Å²) in [5.41, 5.74) is 7.81. The van der Waals surface area contributed by atoms with Crippen LogP contribution in [0.4, 0.5) is 11.4 Å². The number of nitrogens with one attached hydrogen (secondary N) is 1. The molecule has 0 bridgehead atoms. The van der Waals surface area contributed by atoms with Crippen molar-refractivity contribution in [1.29, 1.82) is 0 Å². The molecule has 0 saturated carbocycles. The Morgan fingerprint density at radius 1 is 1.60 bits per heavy atom. The largest absolute Gasteiger partial charge is 0.399 e. The van der Waals surface area contributed by atoms with Gasteiger partial charge in [-0.2, -0.15) is 0 Å². The third kappa shape index (κ3) is 2.86. The maximum Gasteiger partial charge on any atom is 0.253 e. The second-order valence-electron chi connectivity index (χ2n) is 5.00. The van der Waals surface area contributed by atoms with Gasteiger partial charge < -0.3 is 25.8 Å². The molecule has 1 aromatic carbocycles. The van der Waals surface area contributed by atoms with Crippen molar-refractivity contribution >= 4 is 17.3 Å². The number of morpholine rings is 1. The van der Waals surface area contributed by atoms with Crippen LogP contribution in [0.2, 0.25) is 0 Å². The van der Waals surface area contributed by atoms with Crippen LogP contribution in [-0.2, 0) is 4.74 Å². The molecular weight excluding hydrogens is 258 g/mol. The standard InChI is InChI=1S/C14H21N3O3/c1-9-8-20-11(7-18)6-17(9)13-5-10(15)3-4-12(13)14(19)16-2/h3-5,9,11,18H,6-8,15H2,1-2H3,(H,16,19). The summed E-state index contributed by atoms with van der Waals surface area (Å²) in [5, 5.41) is 11.9. The number of aliphatic hydroxyl groups excluding tert-OH is 1. The summed E-state index contributed by atoms with van der Waals surface area (Å²) >= 11 is 0. The topological polar surface area (TPSA) is 87.8 Å². The molecule has 1 saturated heterocycles. The van der Waals surface area contributed by atoms with Crippen LogP contribution in [-0.4, -0.2) is 50.0 Å². The Kier molecular flexibility index (Phi) is 4.46. The lowest BCUT2D eigenvalue weighted by Gasteiger charge is -2.39. The number of anilines is 2. The number of hydrogen-bond donors (Lipinski definition) is 3. The minimum Gasteiger partial charge on any atom is -0.399 e. The summed E-state index contributed by atoms with van der Waals surface area (Å²) in [5.74, 6) is -0.153. The van der Waals surface area contributed by atoms with Crippen molar-refractivity contribution in [2.24, 2.45) is 0 Å². The molecule has 1 aliphatic heterocycles. The van der Waals surface area contributed by atoms with Crippen LogP contribution in [0.15, 0.2) is 18.2 Å². The van der Waals surface area contributed by atoms with Gasteiger partial charge in [-0.1, -0.05) is 0 Å². The quantitative estimate of drug-likeness (QED) is 0.689. The third-order valence-corrected chi connectivity index (χ3v) is 3.51. The van der Waals surface area contributed by atoms with Gasteiger partial charge in [0.05, 0.1) is 30.6 Å². The summed E-state index contributed by atoms with van der Waals surface area (Å²) in [6.07, 6.45) is -0.245. The molecule has 0 aromatic heterocycles. The molecule has 1 amide bonds. The van der Waals surface area contributed by atoms with E-state index in [1.54, 1.807) is 25.2 Å². The molecule has 0 spiro atoms. The van der Waals surface area contributed by atoms with Gasteiger partial charge in [0.2, 0.25) is 0 Å². The number of nitrogens with zero attached hydrogens (tertiary/aromatic N) is 1. The van der Waals surface area contributed by atoms with Crippen molar-refractivity contribution < 1.29 is 14.6 Å². The minimum absolute atomic E-state index is 0.0408. The fourth-order valence-corrected chi connectivity index (χ4v) is 2.38. The Balaban J connectivity index is 2.38. The van der Waals surface area contributed by atoms with Crippen LogP contribution >= 0.6 is 0 Å². The van der Waals surface area contributed by atoms with Crippen molar-refractivity contribution in [3.8, 4) is 0 Å². The molecular formula is C14H21N3O3. The average molecular weight is 279 g/mol. The van der Waals surface area contributed by atoms with Crippen molar-refractivity contribution in [1.82, 2.24) is 5.32 Å². The Bertz CT molecular complexity index is 493. The molecule has 1 aromatic rings. The van der Waals surface area contributed by atoms with E-state index in [9.17, 15) is 9.90 Å². The lowest BCUT2D eigenvalue weighted by atomic mass is 10.1. The second-order valence-corrected chi connectivity index (χ2v) is 5.00. The zero-order chi connectivity index (χ0) is 14.7. The zero-order valence-electron chi connectivity index (χ0n) is 11.8. The predicted molar refractivity (Wildman–Crippen MR) is 77.9 cm³/mol. The molecule has 20 heavy (non-hydrogen) atoms. The fourth-order valence-electron chi connectivity index (χ4n) is 2.38. The minimum atomic E-state index is -0.245. The van der Waals surface area contributed by atoms with E-state index in [4.69, 9.17) is 10.5 Å². The van der Waals surface area contributed by atoms with Gasteiger partial charge >= 0.3 is 0 Å². The van der Waals surface area contributed by atoms with Crippen LogP contribution in [0.5, 0.6) is 0 Å². The number of carbonyl (C=O) groups is 1. The maximum atomic E-state index is 12.0. The number of amides is 1. The first-order valence-electron chi connectivity index (χ1n) is 6.67. The normalized spacial score (nSPS) is 22.6. The summed E-state index contributed by atoms with van der Waals surface area (Å²) < 4.78 is 5.52. The Morgan fingerprint density at radius 2 is 2.35 bits per heavy atom. The van der Waals surface area contributed by atoms with Gasteiger partial charge in [-0.05, 0) is 25.1 Å². The average Bonchev–Trinajstić information content (AvgIpc) is 2.47. The summed E-state index contributed by atoms with van der Waals surface area (Å²) in [6, 6.07) is 5.34. The van der Waals surface area contributed by atoms with Gasteiger partial charge in [-0.3, -0.25) is 4.79 Å². The molecule has 1 heterocycles. The molecule has 6 heteroatoms. The first-order chi connectivity index (χ1) is 9.56. The van der Waals surface area contributed by atoms with E-state index in [0.29, 0.717) is 24.4 Å². The summed E-state index contributed by atoms with van der Waals surface area (Å²) in [6.45, 7) is 3.02. The molecule has 0 radical (unpaired) electrons. The van der Waals surface area contributed by atoms with Crippen molar-refractivity contribution in [3.05, 3.63) is 23.8 Å². The highest BCUT2D eigenvalue weighted by Crippen LogP contribution is 2.28. The lowest BCUT2D eigenvalue weighted by Crippen LogP contribution is -2.50. The molecule has 4 N–H and O–H groups in total. The van der Waals surface area contributed by atoms with Crippen molar-refractivity contribution in [2.45, 2.75) is 19.1 Å². The molecule has 1 fully saturated rings. The van der Waals surface area contributed by atoms with Gasteiger partial charge in [0, 0.05) is 25.3 Å². The molecule has 2 unspecified atom stereocenters. The first kappa shape index (κ1) is 14.6. The van der Waals surface area contributed by atoms with Crippen molar-refractivity contribution in [3.63, 3.8) is 0 Å².